The first-order chi connectivity index (χ1) is 18.3. The molecule has 2 atom stereocenters. The molecule has 11 nitrogen and oxygen atoms in total. The molecule has 1 aromatic carbocycles. The van der Waals surface area contributed by atoms with E-state index in [1.165, 1.54) is 26.4 Å². The Kier molecular flexibility index (Phi) is 8.68. The van der Waals surface area contributed by atoms with Crippen LogP contribution < -0.4 is 21.1 Å². The summed E-state index contributed by atoms with van der Waals surface area (Å²) in [5, 5.41) is 6.03. The Morgan fingerprint density at radius 1 is 1.16 bits per heavy atom. The van der Waals surface area contributed by atoms with Gasteiger partial charge in [0.2, 0.25) is 17.7 Å². The number of aromatic nitrogens is 4. The van der Waals surface area contributed by atoms with Crippen molar-refractivity contribution in [2.75, 3.05) is 31.9 Å². The summed E-state index contributed by atoms with van der Waals surface area (Å²) in [6.07, 6.45) is 3.13. The highest BCUT2D eigenvalue weighted by molar-refractivity contribution is 14.1. The van der Waals surface area contributed by atoms with E-state index in [0.717, 1.165) is 0 Å². The summed E-state index contributed by atoms with van der Waals surface area (Å²) < 4.78 is 29.6. The zero-order chi connectivity index (χ0) is 27.2. The number of hydrogen-bond acceptors (Lipinski definition) is 10. The highest BCUT2D eigenvalue weighted by Gasteiger charge is 2.22. The summed E-state index contributed by atoms with van der Waals surface area (Å²) in [6.45, 7) is 1.82. The number of nitrogens with one attached hydrogen (secondary N) is 2. The lowest BCUT2D eigenvalue weighted by molar-refractivity contribution is -0.125. The van der Waals surface area contributed by atoms with E-state index in [9.17, 15) is 9.18 Å². The Labute approximate surface area is 231 Å². The maximum absolute atomic E-state index is 13.5. The first-order valence-electron chi connectivity index (χ1n) is 11.4. The van der Waals surface area contributed by atoms with Gasteiger partial charge >= 0.3 is 0 Å². The molecular weight excluding hydrogens is 608 g/mol. The summed E-state index contributed by atoms with van der Waals surface area (Å²) in [6, 6.07) is 8.93. The van der Waals surface area contributed by atoms with Gasteiger partial charge in [0.15, 0.2) is 17.3 Å². The summed E-state index contributed by atoms with van der Waals surface area (Å²) in [7, 11) is 2.95. The van der Waals surface area contributed by atoms with Crippen LogP contribution >= 0.6 is 22.6 Å². The molecule has 0 aliphatic rings. The number of nitrogen functional groups attached to an aromatic ring is 1. The lowest BCUT2D eigenvalue weighted by Crippen LogP contribution is -2.43. The summed E-state index contributed by atoms with van der Waals surface area (Å²) >= 11 is 2.15. The number of benzene rings is 1. The van der Waals surface area contributed by atoms with E-state index < -0.39 is 0 Å². The van der Waals surface area contributed by atoms with E-state index in [4.69, 9.17) is 19.6 Å². The van der Waals surface area contributed by atoms with Crippen molar-refractivity contribution in [2.24, 2.45) is 0 Å². The van der Waals surface area contributed by atoms with Crippen molar-refractivity contribution in [1.82, 2.24) is 25.3 Å². The molecule has 0 saturated carbocycles. The maximum atomic E-state index is 13.5. The van der Waals surface area contributed by atoms with Crippen molar-refractivity contribution in [3.63, 3.8) is 0 Å². The maximum Gasteiger partial charge on any atom is 0.246 e. The standard InChI is InChI=1S/C25H25FIN7O4/c1-13(31-19(35)12-36-2)22(27)34-25-29-9-8-17(32-25)21-20(15-10-18(37-3)23(28)30-11-15)33-24(38-21)14-4-6-16(26)7-5-14/h4-11,13,22H,12H2,1-3H3,(H2,28,30)(H,31,35)(H,29,32,34). The molecule has 0 spiro atoms. The monoisotopic (exact) mass is 633 g/mol. The highest BCUT2D eigenvalue weighted by Crippen LogP contribution is 2.37. The number of hydrogen-bond donors (Lipinski definition) is 3. The quantitative estimate of drug-likeness (QED) is 0.133. The predicted molar refractivity (Wildman–Crippen MR) is 148 cm³/mol. The van der Waals surface area contributed by atoms with Gasteiger partial charge in [-0.2, -0.15) is 0 Å². The molecule has 3 heterocycles. The molecule has 0 bridgehead atoms. The van der Waals surface area contributed by atoms with Gasteiger partial charge in [-0.15, -0.1) is 0 Å². The third-order valence-electron chi connectivity index (χ3n) is 5.35. The van der Waals surface area contributed by atoms with Crippen LogP contribution in [0.2, 0.25) is 0 Å². The van der Waals surface area contributed by atoms with Crippen molar-refractivity contribution in [2.45, 2.75) is 17.0 Å². The van der Waals surface area contributed by atoms with Gasteiger partial charge < -0.3 is 30.3 Å². The first-order valence-corrected chi connectivity index (χ1v) is 12.6. The van der Waals surface area contributed by atoms with Crippen LogP contribution in [-0.2, 0) is 9.53 Å². The number of anilines is 2. The summed E-state index contributed by atoms with van der Waals surface area (Å²) in [5.41, 5.74) is 7.93. The fourth-order valence-electron chi connectivity index (χ4n) is 3.46. The molecule has 0 fully saturated rings. The van der Waals surface area contributed by atoms with Crippen molar-refractivity contribution in [3.8, 4) is 39.9 Å². The number of nitrogens with zero attached hydrogens (tertiary/aromatic N) is 4. The molecule has 0 aliphatic heterocycles. The minimum atomic E-state index is -0.374. The molecule has 4 rings (SSSR count). The van der Waals surface area contributed by atoms with E-state index in [2.05, 4.69) is 53.2 Å². The first kappa shape index (κ1) is 27.2. The number of rotatable bonds is 10. The Morgan fingerprint density at radius 3 is 2.63 bits per heavy atom. The summed E-state index contributed by atoms with van der Waals surface area (Å²) in [5.74, 6) is 0.921. The smallest absolute Gasteiger partial charge is 0.246 e. The number of pyridine rings is 1. The molecule has 3 aromatic heterocycles. The van der Waals surface area contributed by atoms with Crippen molar-refractivity contribution in [1.29, 1.82) is 0 Å². The third kappa shape index (κ3) is 6.34. The number of oxazole rings is 1. The van der Waals surface area contributed by atoms with Crippen LogP contribution in [0.25, 0.3) is 34.2 Å². The molecule has 38 heavy (non-hydrogen) atoms. The fraction of sp³-hybridized carbons (Fsp3) is 0.240. The Bertz CT molecular complexity index is 1420. The molecule has 13 heteroatoms. The highest BCUT2D eigenvalue weighted by atomic mass is 127. The predicted octanol–water partition coefficient (Wildman–Crippen LogP) is 3.91. The minimum Gasteiger partial charge on any atom is -0.493 e. The molecular formula is C25H25FIN7O4. The largest absolute Gasteiger partial charge is 0.493 e. The Balaban J connectivity index is 1.70. The van der Waals surface area contributed by atoms with Crippen LogP contribution in [-0.4, -0.2) is 56.8 Å². The van der Waals surface area contributed by atoms with Crippen LogP contribution in [0.15, 0.2) is 53.2 Å². The van der Waals surface area contributed by atoms with Gasteiger partial charge in [-0.25, -0.2) is 24.3 Å². The fourth-order valence-corrected chi connectivity index (χ4v) is 3.91. The van der Waals surface area contributed by atoms with Crippen LogP contribution in [0.5, 0.6) is 5.75 Å². The van der Waals surface area contributed by atoms with Crippen LogP contribution in [0.4, 0.5) is 16.2 Å². The molecule has 198 valence electrons. The van der Waals surface area contributed by atoms with Gasteiger partial charge in [-0.1, -0.05) is 22.6 Å². The number of halogens is 2. The van der Waals surface area contributed by atoms with Gasteiger partial charge in [0, 0.05) is 30.6 Å². The van der Waals surface area contributed by atoms with Crippen LogP contribution in [0.3, 0.4) is 0 Å². The topological polar surface area (TPSA) is 150 Å². The lowest BCUT2D eigenvalue weighted by atomic mass is 10.1. The van der Waals surface area contributed by atoms with E-state index in [-0.39, 0.29) is 40.1 Å². The molecule has 0 saturated heterocycles. The SMILES string of the molecule is COCC(=O)NC(C)C(I)Nc1nccc(-c2oc(-c3ccc(F)cc3)nc2-c2cnc(N)c(OC)c2)n1. The Morgan fingerprint density at radius 2 is 1.92 bits per heavy atom. The normalized spacial score (nSPS) is 12.6. The molecule has 0 radical (unpaired) electrons. The second-order valence-corrected chi connectivity index (χ2v) is 9.46. The van der Waals surface area contributed by atoms with Gasteiger partial charge in [-0.05, 0) is 43.3 Å². The Hall–Kier alpha value is -3.85. The number of methoxy groups -OCH3 is 2. The van der Waals surface area contributed by atoms with Crippen LogP contribution in [0, 0.1) is 5.82 Å². The molecule has 1 amide bonds. The van der Waals surface area contributed by atoms with Crippen molar-refractivity contribution in [3.05, 3.63) is 54.6 Å². The van der Waals surface area contributed by atoms with Crippen molar-refractivity contribution >= 4 is 40.3 Å². The van der Waals surface area contributed by atoms with Gasteiger partial charge in [-0.3, -0.25) is 4.79 Å². The third-order valence-corrected chi connectivity index (χ3v) is 6.74. The van der Waals surface area contributed by atoms with Gasteiger partial charge in [0.1, 0.15) is 27.9 Å². The number of nitrogens with two attached hydrogens (primary N) is 1. The average molecular weight is 633 g/mol. The van der Waals surface area contributed by atoms with E-state index in [0.29, 0.717) is 40.0 Å². The zero-order valence-corrected chi connectivity index (χ0v) is 22.9. The number of carbonyl (C=O) groups excluding carboxylic acids is 1. The molecule has 4 N–H and O–H groups in total. The zero-order valence-electron chi connectivity index (χ0n) is 20.7. The molecule has 0 aliphatic carbocycles. The van der Waals surface area contributed by atoms with Crippen molar-refractivity contribution < 1.29 is 23.1 Å². The molecule has 4 aromatic rings. The second-order valence-electron chi connectivity index (χ2n) is 8.12. The van der Waals surface area contributed by atoms with Crippen LogP contribution in [0.1, 0.15) is 6.92 Å². The average Bonchev–Trinajstić information content (AvgIpc) is 3.35. The van der Waals surface area contributed by atoms with E-state index >= 15 is 0 Å². The van der Waals surface area contributed by atoms with Gasteiger partial charge in [0.05, 0.1) is 13.2 Å². The molecule has 2 unspecified atom stereocenters. The van der Waals surface area contributed by atoms with Gasteiger partial charge in [0.25, 0.3) is 0 Å². The lowest BCUT2D eigenvalue weighted by Gasteiger charge is -2.21. The summed E-state index contributed by atoms with van der Waals surface area (Å²) in [4.78, 5) is 29.6. The number of ether oxygens (including phenoxy) is 2. The number of carbonyl (C=O) groups is 1. The number of amides is 1. The minimum absolute atomic E-state index is 0.0326. The van der Waals surface area contributed by atoms with E-state index in [1.807, 2.05) is 6.92 Å². The second kappa shape index (κ2) is 12.1. The number of alkyl halides is 1. The van der Waals surface area contributed by atoms with E-state index in [1.54, 1.807) is 36.7 Å².